The van der Waals surface area contributed by atoms with Crippen molar-refractivity contribution in [2.45, 2.75) is 27.7 Å². The summed E-state index contributed by atoms with van der Waals surface area (Å²) in [5, 5.41) is 2.75. The quantitative estimate of drug-likeness (QED) is 0.720. The molecule has 86 valence electrons. The van der Waals surface area contributed by atoms with Crippen LogP contribution in [0, 0.1) is 13.8 Å². The van der Waals surface area contributed by atoms with Crippen LogP contribution in [0.3, 0.4) is 0 Å². The molecule has 0 amide bonds. The molecule has 15 heavy (non-hydrogen) atoms. The molecule has 0 aromatic heterocycles. The average Bonchev–Trinajstić information content (AvgIpc) is 2.22. The minimum Gasteiger partial charge on any atom is -0.323 e. The maximum atomic E-state index is 10.3. The first-order valence-electron chi connectivity index (χ1n) is 5.26. The molecule has 0 aliphatic heterocycles. The minimum atomic E-state index is 0.783. The molecule has 0 aliphatic rings. The molecule has 1 aromatic carbocycles. The van der Waals surface area contributed by atoms with Crippen LogP contribution >= 0.6 is 0 Å². The van der Waals surface area contributed by atoms with E-state index in [1.165, 1.54) is 5.56 Å². The normalized spacial score (nSPS) is 7.87. The van der Waals surface area contributed by atoms with Crippen molar-refractivity contribution < 1.29 is 4.79 Å². The van der Waals surface area contributed by atoms with Crippen molar-refractivity contribution in [2.75, 3.05) is 14.1 Å². The molecule has 0 saturated heterocycles. The van der Waals surface area contributed by atoms with Gasteiger partial charge in [0.25, 0.3) is 0 Å². The summed E-state index contributed by atoms with van der Waals surface area (Å²) in [6.45, 7) is 7.96. The Balaban J connectivity index is 0. The van der Waals surface area contributed by atoms with E-state index >= 15 is 0 Å². The van der Waals surface area contributed by atoms with Gasteiger partial charge in [-0.05, 0) is 33.5 Å². The summed E-state index contributed by atoms with van der Waals surface area (Å²) < 4.78 is 0. The molecule has 0 fully saturated rings. The zero-order valence-corrected chi connectivity index (χ0v) is 10.7. The van der Waals surface area contributed by atoms with Crippen LogP contribution in [0.5, 0.6) is 0 Å². The van der Waals surface area contributed by atoms with E-state index < -0.39 is 0 Å². The third-order valence-corrected chi connectivity index (χ3v) is 1.55. The average molecular weight is 209 g/mol. The third kappa shape index (κ3) is 7.89. The Morgan fingerprint density at radius 3 is 1.93 bits per heavy atom. The van der Waals surface area contributed by atoms with E-state index in [9.17, 15) is 4.79 Å². The van der Waals surface area contributed by atoms with E-state index in [-0.39, 0.29) is 0 Å². The molecule has 1 aromatic rings. The molecule has 1 rings (SSSR count). The van der Waals surface area contributed by atoms with Crippen molar-refractivity contribution in [1.82, 2.24) is 5.32 Å². The lowest BCUT2D eigenvalue weighted by atomic mass is 10.1. The first-order chi connectivity index (χ1) is 7.15. The second-order valence-electron chi connectivity index (χ2n) is 2.98. The Bertz CT molecular complexity index is 269. The van der Waals surface area contributed by atoms with Gasteiger partial charge < -0.3 is 5.32 Å². The van der Waals surface area contributed by atoms with Gasteiger partial charge in [0.15, 0.2) is 0 Å². The number of hydrogen-bond donors (Lipinski definition) is 1. The van der Waals surface area contributed by atoms with Gasteiger partial charge in [-0.2, -0.15) is 0 Å². The molecule has 0 heterocycles. The second-order valence-corrected chi connectivity index (χ2v) is 2.98. The number of nitrogens with one attached hydrogen (secondary N) is 1. The van der Waals surface area contributed by atoms with Gasteiger partial charge in [-0.25, -0.2) is 0 Å². The highest BCUT2D eigenvalue weighted by atomic mass is 16.1. The molecular formula is C13H23NO. The number of aldehydes is 1. The summed E-state index contributed by atoms with van der Waals surface area (Å²) in [7, 11) is 3.75. The van der Waals surface area contributed by atoms with Gasteiger partial charge in [0, 0.05) is 5.56 Å². The number of carbonyl (C=O) groups is 1. The van der Waals surface area contributed by atoms with Gasteiger partial charge >= 0.3 is 0 Å². The lowest BCUT2D eigenvalue weighted by molar-refractivity contribution is 0.112. The van der Waals surface area contributed by atoms with Crippen LogP contribution in [-0.4, -0.2) is 20.4 Å². The summed E-state index contributed by atoms with van der Waals surface area (Å²) in [5.41, 5.74) is 3.03. The van der Waals surface area contributed by atoms with E-state index in [2.05, 4.69) is 5.32 Å². The molecule has 0 aliphatic carbocycles. The van der Waals surface area contributed by atoms with Crippen molar-refractivity contribution in [2.24, 2.45) is 0 Å². The van der Waals surface area contributed by atoms with Crippen LogP contribution in [-0.2, 0) is 0 Å². The molecule has 1 N–H and O–H groups in total. The standard InChI is InChI=1S/C9H10O.C2H7N.C2H6/c1-7-3-4-9(6-10)8(2)5-7;1-3-2;1-2/h3-6H,1-2H3;3H,1-2H3;1-2H3. The van der Waals surface area contributed by atoms with Crippen LogP contribution in [0.4, 0.5) is 0 Å². The van der Waals surface area contributed by atoms with Gasteiger partial charge in [0.05, 0.1) is 0 Å². The molecule has 0 unspecified atom stereocenters. The zero-order chi connectivity index (χ0) is 12.3. The SMILES string of the molecule is CC.CNC.Cc1ccc(C=O)c(C)c1. The van der Waals surface area contributed by atoms with E-state index in [0.717, 1.165) is 17.4 Å². The fourth-order valence-electron chi connectivity index (χ4n) is 0.958. The number of rotatable bonds is 1. The Kier molecular flexibility index (Phi) is 11.9. The van der Waals surface area contributed by atoms with Crippen molar-refractivity contribution in [3.05, 3.63) is 34.9 Å². The Morgan fingerprint density at radius 1 is 1.13 bits per heavy atom. The molecule has 0 spiro atoms. The van der Waals surface area contributed by atoms with Crippen LogP contribution in [0.1, 0.15) is 35.3 Å². The van der Waals surface area contributed by atoms with E-state index in [1.807, 2.05) is 60.0 Å². The van der Waals surface area contributed by atoms with Gasteiger partial charge in [0.1, 0.15) is 6.29 Å². The van der Waals surface area contributed by atoms with E-state index in [1.54, 1.807) is 0 Å². The van der Waals surface area contributed by atoms with Crippen molar-refractivity contribution in [1.29, 1.82) is 0 Å². The minimum absolute atomic E-state index is 0.783. The highest BCUT2D eigenvalue weighted by Gasteiger charge is 1.93. The molecular weight excluding hydrogens is 186 g/mol. The van der Waals surface area contributed by atoms with Crippen LogP contribution in [0.2, 0.25) is 0 Å². The van der Waals surface area contributed by atoms with Crippen molar-refractivity contribution >= 4 is 6.29 Å². The molecule has 0 bridgehead atoms. The molecule has 0 radical (unpaired) electrons. The van der Waals surface area contributed by atoms with Gasteiger partial charge in [-0.3, -0.25) is 4.79 Å². The lowest BCUT2D eigenvalue weighted by Gasteiger charge is -1.97. The molecule has 0 atom stereocenters. The lowest BCUT2D eigenvalue weighted by Crippen LogP contribution is -1.89. The first kappa shape index (κ1) is 16.3. The largest absolute Gasteiger partial charge is 0.323 e. The van der Waals surface area contributed by atoms with Crippen molar-refractivity contribution in [3.8, 4) is 0 Å². The molecule has 2 heteroatoms. The predicted molar refractivity (Wildman–Crippen MR) is 67.6 cm³/mol. The smallest absolute Gasteiger partial charge is 0.150 e. The monoisotopic (exact) mass is 209 g/mol. The fraction of sp³-hybridized carbons (Fsp3) is 0.462. The highest BCUT2D eigenvalue weighted by molar-refractivity contribution is 5.77. The summed E-state index contributed by atoms with van der Waals surface area (Å²) in [6.07, 6.45) is 0.884. The molecule has 2 nitrogen and oxygen atoms in total. The first-order valence-corrected chi connectivity index (χ1v) is 5.26. The Hall–Kier alpha value is -1.15. The zero-order valence-electron chi connectivity index (χ0n) is 10.7. The van der Waals surface area contributed by atoms with Gasteiger partial charge in [0.2, 0.25) is 0 Å². The number of hydrogen-bond acceptors (Lipinski definition) is 2. The summed E-state index contributed by atoms with van der Waals surface area (Å²) in [6, 6.07) is 5.79. The number of benzene rings is 1. The maximum Gasteiger partial charge on any atom is 0.150 e. The van der Waals surface area contributed by atoms with Crippen molar-refractivity contribution in [3.63, 3.8) is 0 Å². The second kappa shape index (κ2) is 10.9. The fourth-order valence-corrected chi connectivity index (χ4v) is 0.958. The summed E-state index contributed by atoms with van der Waals surface area (Å²) >= 11 is 0. The van der Waals surface area contributed by atoms with E-state index in [0.29, 0.717) is 0 Å². The third-order valence-electron chi connectivity index (χ3n) is 1.55. The Morgan fingerprint density at radius 2 is 1.60 bits per heavy atom. The predicted octanol–water partition coefficient (Wildman–Crippen LogP) is 2.98. The van der Waals surface area contributed by atoms with Crippen LogP contribution in [0.15, 0.2) is 18.2 Å². The maximum absolute atomic E-state index is 10.3. The topological polar surface area (TPSA) is 29.1 Å². The van der Waals surface area contributed by atoms with Crippen LogP contribution < -0.4 is 5.32 Å². The molecule has 0 saturated carbocycles. The van der Waals surface area contributed by atoms with Gasteiger partial charge in [-0.15, -0.1) is 0 Å². The number of carbonyl (C=O) groups excluding carboxylic acids is 1. The van der Waals surface area contributed by atoms with Gasteiger partial charge in [-0.1, -0.05) is 37.6 Å². The van der Waals surface area contributed by atoms with Crippen LogP contribution in [0.25, 0.3) is 0 Å². The highest BCUT2D eigenvalue weighted by Crippen LogP contribution is 2.07. The van der Waals surface area contributed by atoms with E-state index in [4.69, 9.17) is 0 Å². The Labute approximate surface area is 93.7 Å². The summed E-state index contributed by atoms with van der Waals surface area (Å²) in [4.78, 5) is 10.3. The summed E-state index contributed by atoms with van der Waals surface area (Å²) in [5.74, 6) is 0. The number of aryl methyl sites for hydroxylation is 2.